The zero-order valence-corrected chi connectivity index (χ0v) is 10.8. The number of hydrogen-bond acceptors (Lipinski definition) is 4. The van der Waals surface area contributed by atoms with Crippen molar-refractivity contribution < 1.29 is 4.92 Å². The van der Waals surface area contributed by atoms with E-state index >= 15 is 0 Å². The number of rotatable bonds is 6. The Morgan fingerprint density at radius 2 is 2.22 bits per heavy atom. The lowest BCUT2D eigenvalue weighted by molar-refractivity contribution is -0.383. The Bertz CT molecular complexity index is 444. The first-order valence-corrected chi connectivity index (χ1v) is 6.39. The molecule has 1 aromatic carbocycles. The first kappa shape index (κ1) is 12.7. The van der Waals surface area contributed by atoms with Gasteiger partial charge in [0.15, 0.2) is 0 Å². The Morgan fingerprint density at radius 3 is 2.78 bits per heavy atom. The Labute approximate surface area is 107 Å². The van der Waals surface area contributed by atoms with Gasteiger partial charge in [0.2, 0.25) is 0 Å². The van der Waals surface area contributed by atoms with E-state index in [1.807, 2.05) is 31.0 Å². The van der Waals surface area contributed by atoms with Gasteiger partial charge in [-0.2, -0.15) is 0 Å². The lowest BCUT2D eigenvalue weighted by Gasteiger charge is -2.19. The third kappa shape index (κ3) is 2.55. The van der Waals surface area contributed by atoms with Gasteiger partial charge in [0.1, 0.15) is 11.4 Å². The second-order valence-corrected chi connectivity index (χ2v) is 4.70. The molecule has 5 heteroatoms. The minimum absolute atomic E-state index is 0.195. The largest absolute Gasteiger partial charge is 0.379 e. The predicted molar refractivity (Wildman–Crippen MR) is 73.3 cm³/mol. The minimum Gasteiger partial charge on any atom is -0.379 e. The number of para-hydroxylation sites is 1. The van der Waals surface area contributed by atoms with Gasteiger partial charge >= 0.3 is 5.69 Å². The van der Waals surface area contributed by atoms with Crippen LogP contribution in [0.2, 0.25) is 0 Å². The molecule has 18 heavy (non-hydrogen) atoms. The smallest absolute Gasteiger partial charge is 0.315 e. The fourth-order valence-corrected chi connectivity index (χ4v) is 2.07. The van der Waals surface area contributed by atoms with Crippen molar-refractivity contribution in [3.8, 4) is 0 Å². The molecule has 0 bridgehead atoms. The van der Waals surface area contributed by atoms with E-state index in [9.17, 15) is 10.1 Å². The summed E-state index contributed by atoms with van der Waals surface area (Å²) in [6, 6.07) is 5.94. The molecule has 1 saturated carbocycles. The summed E-state index contributed by atoms with van der Waals surface area (Å²) >= 11 is 0. The molecule has 0 saturated heterocycles. The van der Waals surface area contributed by atoms with E-state index in [0.29, 0.717) is 17.4 Å². The van der Waals surface area contributed by atoms with E-state index in [-0.39, 0.29) is 10.6 Å². The summed E-state index contributed by atoms with van der Waals surface area (Å²) in [5.41, 5.74) is 1.52. The average molecular weight is 249 g/mol. The van der Waals surface area contributed by atoms with E-state index in [0.717, 1.165) is 25.8 Å². The van der Waals surface area contributed by atoms with Crippen LogP contribution in [-0.4, -0.2) is 24.6 Å². The monoisotopic (exact) mass is 249 g/mol. The number of nitrogens with one attached hydrogen (secondary N) is 1. The molecule has 1 aliphatic carbocycles. The van der Waals surface area contributed by atoms with Gasteiger partial charge < -0.3 is 10.2 Å². The molecular weight excluding hydrogens is 230 g/mol. The highest BCUT2D eigenvalue weighted by molar-refractivity contribution is 5.77. The first-order valence-electron chi connectivity index (χ1n) is 6.39. The molecule has 0 aromatic heterocycles. The quantitative estimate of drug-likeness (QED) is 0.622. The number of anilines is 2. The maximum atomic E-state index is 11.3. The van der Waals surface area contributed by atoms with Crippen molar-refractivity contribution in [2.75, 3.05) is 23.8 Å². The molecule has 0 aliphatic heterocycles. The summed E-state index contributed by atoms with van der Waals surface area (Å²) in [4.78, 5) is 13.0. The van der Waals surface area contributed by atoms with Crippen LogP contribution in [0.25, 0.3) is 0 Å². The Morgan fingerprint density at radius 1 is 1.50 bits per heavy atom. The zero-order valence-electron chi connectivity index (χ0n) is 10.8. The van der Waals surface area contributed by atoms with Crippen LogP contribution >= 0.6 is 0 Å². The second-order valence-electron chi connectivity index (χ2n) is 4.70. The van der Waals surface area contributed by atoms with E-state index in [2.05, 4.69) is 5.32 Å². The highest BCUT2D eigenvalue weighted by Gasteiger charge is 2.31. The van der Waals surface area contributed by atoms with Gasteiger partial charge in [-0.3, -0.25) is 10.1 Å². The highest BCUT2D eigenvalue weighted by Crippen LogP contribution is 2.39. The van der Waals surface area contributed by atoms with Crippen LogP contribution < -0.4 is 10.2 Å². The molecule has 1 N–H and O–H groups in total. The third-order valence-corrected chi connectivity index (χ3v) is 3.24. The Kier molecular flexibility index (Phi) is 3.69. The van der Waals surface area contributed by atoms with Crippen LogP contribution in [0.15, 0.2) is 18.2 Å². The van der Waals surface area contributed by atoms with Crippen molar-refractivity contribution in [1.29, 1.82) is 0 Å². The Balaban J connectivity index is 2.35. The summed E-state index contributed by atoms with van der Waals surface area (Å²) in [5.74, 6) is 0. The summed E-state index contributed by atoms with van der Waals surface area (Å²) in [6.45, 7) is 2.79. The molecule has 0 spiro atoms. The van der Waals surface area contributed by atoms with Gasteiger partial charge in [-0.05, 0) is 31.4 Å². The zero-order chi connectivity index (χ0) is 13.1. The summed E-state index contributed by atoms with van der Waals surface area (Å²) in [5, 5.41) is 14.4. The van der Waals surface area contributed by atoms with Crippen LogP contribution in [0, 0.1) is 10.1 Å². The normalized spacial score (nSPS) is 14.3. The Hall–Kier alpha value is -1.78. The van der Waals surface area contributed by atoms with Gasteiger partial charge in [0, 0.05) is 19.6 Å². The molecule has 0 radical (unpaired) electrons. The van der Waals surface area contributed by atoms with Crippen LogP contribution in [0.1, 0.15) is 26.2 Å². The van der Waals surface area contributed by atoms with Crippen molar-refractivity contribution in [3.05, 3.63) is 28.3 Å². The average Bonchev–Trinajstić information content (AvgIpc) is 3.18. The van der Waals surface area contributed by atoms with E-state index in [1.165, 1.54) is 0 Å². The number of benzene rings is 1. The molecule has 5 nitrogen and oxygen atoms in total. The van der Waals surface area contributed by atoms with Crippen LogP contribution in [0.4, 0.5) is 17.1 Å². The summed E-state index contributed by atoms with van der Waals surface area (Å²) < 4.78 is 0. The maximum Gasteiger partial charge on any atom is 0.315 e. The van der Waals surface area contributed by atoms with Crippen molar-refractivity contribution in [2.45, 2.75) is 32.2 Å². The van der Waals surface area contributed by atoms with Crippen LogP contribution in [0.3, 0.4) is 0 Å². The van der Waals surface area contributed by atoms with Gasteiger partial charge in [0.05, 0.1) is 4.92 Å². The van der Waals surface area contributed by atoms with Crippen molar-refractivity contribution in [3.63, 3.8) is 0 Å². The molecule has 98 valence electrons. The second kappa shape index (κ2) is 5.25. The van der Waals surface area contributed by atoms with Gasteiger partial charge in [-0.1, -0.05) is 13.0 Å². The molecule has 0 heterocycles. The third-order valence-electron chi connectivity index (χ3n) is 3.24. The number of nitro benzene ring substituents is 1. The topological polar surface area (TPSA) is 58.4 Å². The lowest BCUT2D eigenvalue weighted by atomic mass is 10.2. The molecule has 1 fully saturated rings. The summed E-state index contributed by atoms with van der Waals surface area (Å²) in [7, 11) is 1.93. The van der Waals surface area contributed by atoms with Gasteiger partial charge in [0.25, 0.3) is 0 Å². The van der Waals surface area contributed by atoms with Gasteiger partial charge in [-0.25, -0.2) is 0 Å². The van der Waals surface area contributed by atoms with Crippen molar-refractivity contribution in [1.82, 2.24) is 0 Å². The SMILES string of the molecule is CCCNc1cccc(N(C)C2CC2)c1[N+](=O)[O-]. The highest BCUT2D eigenvalue weighted by atomic mass is 16.6. The molecule has 2 rings (SSSR count). The molecule has 1 aliphatic rings. The summed E-state index contributed by atoms with van der Waals surface area (Å²) in [6.07, 6.45) is 3.19. The van der Waals surface area contributed by atoms with Gasteiger partial charge in [-0.15, -0.1) is 0 Å². The predicted octanol–water partition coefficient (Wildman–Crippen LogP) is 3.02. The molecule has 0 amide bonds. The van der Waals surface area contributed by atoms with Crippen LogP contribution in [0.5, 0.6) is 0 Å². The van der Waals surface area contributed by atoms with E-state index < -0.39 is 0 Å². The van der Waals surface area contributed by atoms with Crippen LogP contribution in [-0.2, 0) is 0 Å². The fourth-order valence-electron chi connectivity index (χ4n) is 2.07. The van der Waals surface area contributed by atoms with Crippen molar-refractivity contribution in [2.24, 2.45) is 0 Å². The number of hydrogen-bond donors (Lipinski definition) is 1. The molecule has 0 atom stereocenters. The fraction of sp³-hybridized carbons (Fsp3) is 0.538. The number of nitro groups is 1. The van der Waals surface area contributed by atoms with E-state index in [4.69, 9.17) is 0 Å². The standard InChI is InChI=1S/C13H19N3O2/c1-3-9-14-11-5-4-6-12(13(11)16(17)18)15(2)10-7-8-10/h4-6,10,14H,3,7-9H2,1-2H3. The maximum absolute atomic E-state index is 11.3. The van der Waals surface area contributed by atoms with Crippen molar-refractivity contribution >= 4 is 17.1 Å². The van der Waals surface area contributed by atoms with E-state index in [1.54, 1.807) is 6.07 Å². The number of nitrogens with zero attached hydrogens (tertiary/aromatic N) is 2. The first-order chi connectivity index (χ1) is 8.65. The molecular formula is C13H19N3O2. The molecule has 1 aromatic rings. The lowest BCUT2D eigenvalue weighted by Crippen LogP contribution is -2.21. The minimum atomic E-state index is -0.286. The molecule has 0 unspecified atom stereocenters.